The number of carbonyl (C=O) groups excluding carboxylic acids is 2. The van der Waals surface area contributed by atoms with Crippen molar-refractivity contribution in [2.75, 3.05) is 13.2 Å². The highest BCUT2D eigenvalue weighted by atomic mass is 19.1. The summed E-state index contributed by atoms with van der Waals surface area (Å²) >= 11 is 0. The monoisotopic (exact) mass is 534 g/mol. The summed E-state index contributed by atoms with van der Waals surface area (Å²) in [7, 11) is 0. The van der Waals surface area contributed by atoms with Gasteiger partial charge in [-0.05, 0) is 65.9 Å². The average molecular weight is 535 g/mol. The quantitative estimate of drug-likeness (QED) is 0.111. The molecular weight excluding hydrogens is 495 g/mol. The zero-order valence-electron chi connectivity index (χ0n) is 23.2. The largest absolute Gasteiger partial charge is 0.494 e. The van der Waals surface area contributed by atoms with Gasteiger partial charge in [-0.3, -0.25) is 0 Å². The first-order valence-corrected chi connectivity index (χ1v) is 13.9. The number of rotatable bonds is 15. The fraction of sp³-hybridized carbons (Fsp3) is 0.394. The molecule has 0 saturated heterocycles. The molecule has 3 aromatic carbocycles. The maximum Gasteiger partial charge on any atom is 0.343 e. The second-order valence-electron chi connectivity index (χ2n) is 9.86. The fourth-order valence-electron chi connectivity index (χ4n) is 3.90. The summed E-state index contributed by atoms with van der Waals surface area (Å²) in [5.74, 6) is -1.30. The number of ether oxygens (including phenoxy) is 3. The van der Waals surface area contributed by atoms with Crippen molar-refractivity contribution in [2.45, 2.75) is 65.7 Å². The molecule has 0 aliphatic rings. The standard InChI is InChI=1S/C33H39FO5/c1-4-6-7-8-9-10-21-37-29-18-15-26(16-19-29)25-11-13-27(14-12-25)33(36)39-31-20-17-28(22-30(31)34)32(35)38-23-24(3)5-2/h11-20,22,24H,4-10,21,23H2,1-3H3. The molecule has 39 heavy (non-hydrogen) atoms. The van der Waals surface area contributed by atoms with E-state index in [9.17, 15) is 14.0 Å². The molecule has 0 aliphatic carbocycles. The molecule has 0 amide bonds. The molecule has 208 valence electrons. The lowest BCUT2D eigenvalue weighted by atomic mass is 10.0. The van der Waals surface area contributed by atoms with E-state index in [0.29, 0.717) is 6.61 Å². The van der Waals surface area contributed by atoms with Crippen LogP contribution in [0.2, 0.25) is 0 Å². The number of benzene rings is 3. The van der Waals surface area contributed by atoms with Crippen molar-refractivity contribution >= 4 is 11.9 Å². The predicted molar refractivity (Wildman–Crippen MR) is 152 cm³/mol. The van der Waals surface area contributed by atoms with Gasteiger partial charge < -0.3 is 14.2 Å². The molecule has 3 aromatic rings. The maximum atomic E-state index is 14.5. The molecule has 3 rings (SSSR count). The molecule has 0 bridgehead atoms. The topological polar surface area (TPSA) is 61.8 Å². The highest BCUT2D eigenvalue weighted by Crippen LogP contribution is 2.25. The van der Waals surface area contributed by atoms with Gasteiger partial charge in [-0.2, -0.15) is 0 Å². The molecule has 0 saturated carbocycles. The van der Waals surface area contributed by atoms with E-state index in [1.54, 1.807) is 12.1 Å². The van der Waals surface area contributed by atoms with Crippen molar-refractivity contribution in [3.05, 3.63) is 83.7 Å². The van der Waals surface area contributed by atoms with Crippen LogP contribution in [0.15, 0.2) is 66.7 Å². The number of hydrogen-bond donors (Lipinski definition) is 0. The van der Waals surface area contributed by atoms with Crippen LogP contribution in [0.5, 0.6) is 11.5 Å². The normalized spacial score (nSPS) is 11.6. The lowest BCUT2D eigenvalue weighted by Crippen LogP contribution is -2.13. The summed E-state index contributed by atoms with van der Waals surface area (Å²) in [6, 6.07) is 18.4. The van der Waals surface area contributed by atoms with E-state index in [1.807, 2.05) is 50.2 Å². The number of hydrogen-bond acceptors (Lipinski definition) is 5. The van der Waals surface area contributed by atoms with Gasteiger partial charge in [-0.15, -0.1) is 0 Å². The van der Waals surface area contributed by atoms with Gasteiger partial charge in [0.15, 0.2) is 11.6 Å². The van der Waals surface area contributed by atoms with Crippen LogP contribution in [-0.4, -0.2) is 25.2 Å². The molecule has 0 heterocycles. The van der Waals surface area contributed by atoms with Crippen molar-refractivity contribution in [1.82, 2.24) is 0 Å². The number of halogens is 1. The van der Waals surface area contributed by atoms with Gasteiger partial charge in [-0.1, -0.05) is 83.6 Å². The third kappa shape index (κ3) is 9.54. The third-order valence-electron chi connectivity index (χ3n) is 6.64. The van der Waals surface area contributed by atoms with Gasteiger partial charge in [-0.25, -0.2) is 14.0 Å². The first-order chi connectivity index (χ1) is 18.9. The Kier molecular flexibility index (Phi) is 12.0. The summed E-state index contributed by atoms with van der Waals surface area (Å²) < 4.78 is 30.8. The molecule has 5 nitrogen and oxygen atoms in total. The van der Waals surface area contributed by atoms with Crippen molar-refractivity contribution < 1.29 is 28.2 Å². The summed E-state index contributed by atoms with van der Waals surface area (Å²) in [5.41, 5.74) is 2.28. The van der Waals surface area contributed by atoms with E-state index in [-0.39, 0.29) is 29.4 Å². The minimum absolute atomic E-state index is 0.0683. The minimum atomic E-state index is -0.809. The van der Waals surface area contributed by atoms with Gasteiger partial charge in [0.05, 0.1) is 24.3 Å². The van der Waals surface area contributed by atoms with Crippen LogP contribution >= 0.6 is 0 Å². The van der Waals surface area contributed by atoms with Gasteiger partial charge in [0.1, 0.15) is 5.75 Å². The Morgan fingerprint density at radius 2 is 1.38 bits per heavy atom. The van der Waals surface area contributed by atoms with Gasteiger partial charge in [0, 0.05) is 0 Å². The first kappa shape index (κ1) is 29.9. The number of unbranched alkanes of at least 4 members (excludes halogenated alkanes) is 5. The molecular formula is C33H39FO5. The van der Waals surface area contributed by atoms with E-state index < -0.39 is 17.8 Å². The lowest BCUT2D eigenvalue weighted by molar-refractivity contribution is 0.0446. The molecule has 1 unspecified atom stereocenters. The summed E-state index contributed by atoms with van der Waals surface area (Å²) in [6.45, 7) is 7.16. The van der Waals surface area contributed by atoms with Crippen LogP contribution in [0.4, 0.5) is 4.39 Å². The van der Waals surface area contributed by atoms with Crippen molar-refractivity contribution in [1.29, 1.82) is 0 Å². The van der Waals surface area contributed by atoms with Crippen molar-refractivity contribution in [3.63, 3.8) is 0 Å². The second kappa shape index (κ2) is 15.7. The maximum absolute atomic E-state index is 14.5. The minimum Gasteiger partial charge on any atom is -0.494 e. The highest BCUT2D eigenvalue weighted by Gasteiger charge is 2.16. The molecule has 1 atom stereocenters. The van der Waals surface area contributed by atoms with E-state index in [2.05, 4.69) is 6.92 Å². The van der Waals surface area contributed by atoms with E-state index in [1.165, 1.54) is 44.2 Å². The Morgan fingerprint density at radius 1 is 0.769 bits per heavy atom. The van der Waals surface area contributed by atoms with E-state index in [4.69, 9.17) is 14.2 Å². The molecule has 0 N–H and O–H groups in total. The highest BCUT2D eigenvalue weighted by molar-refractivity contribution is 5.92. The molecule has 6 heteroatoms. The SMILES string of the molecule is CCCCCCCCOc1ccc(-c2ccc(C(=O)Oc3ccc(C(=O)OCC(C)CC)cc3F)cc2)cc1. The predicted octanol–water partition coefficient (Wildman–Crippen LogP) is 8.65. The summed E-state index contributed by atoms with van der Waals surface area (Å²) in [5, 5.41) is 0. The zero-order valence-corrected chi connectivity index (χ0v) is 23.2. The average Bonchev–Trinajstić information content (AvgIpc) is 2.96. The van der Waals surface area contributed by atoms with Crippen LogP contribution in [0, 0.1) is 11.7 Å². The Bertz CT molecular complexity index is 1190. The Morgan fingerprint density at radius 3 is 2.03 bits per heavy atom. The number of esters is 2. The smallest absolute Gasteiger partial charge is 0.343 e. The number of carbonyl (C=O) groups is 2. The van der Waals surface area contributed by atoms with Crippen LogP contribution in [0.3, 0.4) is 0 Å². The molecule has 0 spiro atoms. The Balaban J connectivity index is 1.51. The van der Waals surface area contributed by atoms with E-state index >= 15 is 0 Å². The van der Waals surface area contributed by atoms with Crippen LogP contribution in [0.1, 0.15) is 86.4 Å². The van der Waals surface area contributed by atoms with Crippen molar-refractivity contribution in [2.24, 2.45) is 5.92 Å². The Labute approximate surface area is 231 Å². The van der Waals surface area contributed by atoms with Gasteiger partial charge in [0.25, 0.3) is 0 Å². The fourth-order valence-corrected chi connectivity index (χ4v) is 3.90. The van der Waals surface area contributed by atoms with Gasteiger partial charge in [0.2, 0.25) is 0 Å². The third-order valence-corrected chi connectivity index (χ3v) is 6.64. The lowest BCUT2D eigenvalue weighted by Gasteiger charge is -2.11. The second-order valence-corrected chi connectivity index (χ2v) is 9.86. The van der Waals surface area contributed by atoms with Crippen molar-refractivity contribution in [3.8, 4) is 22.6 Å². The zero-order chi connectivity index (χ0) is 28.0. The van der Waals surface area contributed by atoms with Crippen LogP contribution in [0.25, 0.3) is 11.1 Å². The van der Waals surface area contributed by atoms with E-state index in [0.717, 1.165) is 35.8 Å². The molecule has 0 fully saturated rings. The molecule has 0 aliphatic heterocycles. The summed E-state index contributed by atoms with van der Waals surface area (Å²) in [6.07, 6.45) is 8.23. The van der Waals surface area contributed by atoms with Crippen LogP contribution < -0.4 is 9.47 Å². The van der Waals surface area contributed by atoms with Crippen LogP contribution in [-0.2, 0) is 4.74 Å². The molecule has 0 radical (unpaired) electrons. The van der Waals surface area contributed by atoms with Gasteiger partial charge >= 0.3 is 11.9 Å². The molecule has 0 aromatic heterocycles. The first-order valence-electron chi connectivity index (χ1n) is 13.9. The Hall–Kier alpha value is -3.67. The summed E-state index contributed by atoms with van der Waals surface area (Å²) in [4.78, 5) is 24.7.